The van der Waals surface area contributed by atoms with Crippen LogP contribution < -0.4 is 14.9 Å². The fraction of sp³-hybridized carbons (Fsp3) is 0.222. The Morgan fingerprint density at radius 2 is 1.93 bits per heavy atom. The quantitative estimate of drug-likeness (QED) is 0.642. The number of aromatic nitrogens is 1. The van der Waals surface area contributed by atoms with E-state index in [9.17, 15) is 22.8 Å². The molecule has 28 heavy (non-hydrogen) atoms. The SMILES string of the molecule is Cc1c(C(=O)NCc2cccs2)sc(=O)n1Cc1ccc(OC(F)(F)F)cc1. The second kappa shape index (κ2) is 8.19. The van der Waals surface area contributed by atoms with Crippen LogP contribution in [0.2, 0.25) is 0 Å². The third-order valence-electron chi connectivity index (χ3n) is 3.85. The molecule has 10 heteroatoms. The zero-order chi connectivity index (χ0) is 20.3. The highest BCUT2D eigenvalue weighted by atomic mass is 32.1. The van der Waals surface area contributed by atoms with Crippen molar-refractivity contribution in [3.05, 3.63) is 72.5 Å². The smallest absolute Gasteiger partial charge is 0.406 e. The van der Waals surface area contributed by atoms with Crippen LogP contribution >= 0.6 is 22.7 Å². The van der Waals surface area contributed by atoms with Gasteiger partial charge in [0.15, 0.2) is 0 Å². The van der Waals surface area contributed by atoms with Gasteiger partial charge in [-0.1, -0.05) is 29.5 Å². The van der Waals surface area contributed by atoms with Gasteiger partial charge in [0.2, 0.25) is 0 Å². The molecule has 2 aromatic heterocycles. The average Bonchev–Trinajstić information content (AvgIpc) is 3.23. The number of alkyl halides is 3. The van der Waals surface area contributed by atoms with Crippen LogP contribution in [0.5, 0.6) is 5.75 Å². The molecule has 0 radical (unpaired) electrons. The van der Waals surface area contributed by atoms with Crippen molar-refractivity contribution in [3.8, 4) is 5.75 Å². The molecule has 148 valence electrons. The lowest BCUT2D eigenvalue weighted by atomic mass is 10.2. The van der Waals surface area contributed by atoms with Gasteiger partial charge in [-0.15, -0.1) is 24.5 Å². The van der Waals surface area contributed by atoms with Crippen molar-refractivity contribution < 1.29 is 22.7 Å². The van der Waals surface area contributed by atoms with E-state index in [4.69, 9.17) is 0 Å². The third-order valence-corrected chi connectivity index (χ3v) is 5.81. The van der Waals surface area contributed by atoms with Crippen molar-refractivity contribution in [2.45, 2.75) is 26.4 Å². The van der Waals surface area contributed by atoms with Gasteiger partial charge in [0.1, 0.15) is 10.6 Å². The van der Waals surface area contributed by atoms with E-state index in [0.29, 0.717) is 22.7 Å². The number of benzene rings is 1. The van der Waals surface area contributed by atoms with Crippen molar-refractivity contribution >= 4 is 28.6 Å². The largest absolute Gasteiger partial charge is 0.573 e. The number of nitrogens with zero attached hydrogens (tertiary/aromatic N) is 1. The van der Waals surface area contributed by atoms with Crippen LogP contribution in [0, 0.1) is 6.92 Å². The normalized spacial score (nSPS) is 11.4. The van der Waals surface area contributed by atoms with Crippen LogP contribution in [-0.4, -0.2) is 16.8 Å². The first-order chi connectivity index (χ1) is 13.2. The Kier molecular flexibility index (Phi) is 5.90. The summed E-state index contributed by atoms with van der Waals surface area (Å²) in [4.78, 5) is 25.7. The van der Waals surface area contributed by atoms with Crippen LogP contribution in [0.1, 0.15) is 25.8 Å². The first kappa shape index (κ1) is 20.2. The Labute approximate surface area is 166 Å². The molecule has 0 saturated heterocycles. The van der Waals surface area contributed by atoms with Crippen LogP contribution in [0.4, 0.5) is 13.2 Å². The van der Waals surface area contributed by atoms with E-state index in [0.717, 1.165) is 16.2 Å². The number of hydrogen-bond acceptors (Lipinski definition) is 5. The Hall–Kier alpha value is -2.59. The molecule has 1 amide bonds. The minimum Gasteiger partial charge on any atom is -0.406 e. The maximum atomic E-state index is 12.4. The number of ether oxygens (including phenoxy) is 1. The second-order valence-corrected chi connectivity index (χ2v) is 7.82. The van der Waals surface area contributed by atoms with Crippen LogP contribution in [0.3, 0.4) is 0 Å². The van der Waals surface area contributed by atoms with Gasteiger partial charge in [0, 0.05) is 10.6 Å². The molecule has 2 heterocycles. The minimum atomic E-state index is -4.76. The molecule has 1 aromatic carbocycles. The number of thiazole rings is 1. The Morgan fingerprint density at radius 1 is 1.21 bits per heavy atom. The lowest BCUT2D eigenvalue weighted by molar-refractivity contribution is -0.274. The summed E-state index contributed by atoms with van der Waals surface area (Å²) >= 11 is 2.36. The first-order valence-corrected chi connectivity index (χ1v) is 9.78. The Morgan fingerprint density at radius 3 is 2.54 bits per heavy atom. The van der Waals surface area contributed by atoms with E-state index < -0.39 is 6.36 Å². The summed E-state index contributed by atoms with van der Waals surface area (Å²) in [5.41, 5.74) is 1.12. The van der Waals surface area contributed by atoms with Gasteiger partial charge in [0.05, 0.1) is 13.1 Å². The molecular weight excluding hydrogens is 413 g/mol. The highest BCUT2D eigenvalue weighted by Crippen LogP contribution is 2.23. The summed E-state index contributed by atoms with van der Waals surface area (Å²) in [6.45, 7) is 2.19. The zero-order valence-electron chi connectivity index (χ0n) is 14.6. The molecule has 3 aromatic rings. The number of carbonyl (C=O) groups excluding carboxylic acids is 1. The number of nitrogens with one attached hydrogen (secondary N) is 1. The summed E-state index contributed by atoms with van der Waals surface area (Å²) in [7, 11) is 0. The number of halogens is 3. The number of carbonyl (C=O) groups is 1. The summed E-state index contributed by atoms with van der Waals surface area (Å²) in [6, 6.07) is 9.05. The van der Waals surface area contributed by atoms with Crippen molar-refractivity contribution in [1.29, 1.82) is 0 Å². The van der Waals surface area contributed by atoms with Crippen LogP contribution in [-0.2, 0) is 13.1 Å². The molecule has 0 fully saturated rings. The molecule has 0 aliphatic heterocycles. The minimum absolute atomic E-state index is 0.145. The van der Waals surface area contributed by atoms with E-state index in [1.165, 1.54) is 40.2 Å². The standard InChI is InChI=1S/C18H15F3N2O3S2/c1-11-15(16(24)22-9-14-3-2-8-27-14)28-17(25)23(11)10-12-4-6-13(7-5-12)26-18(19,20)21/h2-8H,9-10H2,1H3,(H,22,24). The monoisotopic (exact) mass is 428 g/mol. The summed E-state index contributed by atoms with van der Waals surface area (Å²) < 4.78 is 41.9. The molecule has 0 spiro atoms. The van der Waals surface area contributed by atoms with Gasteiger partial charge >= 0.3 is 11.2 Å². The lowest BCUT2D eigenvalue weighted by Gasteiger charge is -2.10. The molecule has 0 saturated carbocycles. The van der Waals surface area contributed by atoms with Crippen molar-refractivity contribution in [2.24, 2.45) is 0 Å². The number of rotatable bonds is 6. The van der Waals surface area contributed by atoms with Gasteiger partial charge in [0.25, 0.3) is 5.91 Å². The van der Waals surface area contributed by atoms with E-state index in [-0.39, 0.29) is 23.1 Å². The maximum absolute atomic E-state index is 12.4. The third kappa shape index (κ3) is 5.02. The maximum Gasteiger partial charge on any atom is 0.573 e. The Balaban J connectivity index is 1.71. The highest BCUT2D eigenvalue weighted by Gasteiger charge is 2.31. The number of hydrogen-bond donors (Lipinski definition) is 1. The number of thiophene rings is 1. The van der Waals surface area contributed by atoms with E-state index in [1.54, 1.807) is 6.92 Å². The van der Waals surface area contributed by atoms with Gasteiger partial charge < -0.3 is 10.1 Å². The number of amides is 1. The highest BCUT2D eigenvalue weighted by molar-refractivity contribution is 7.11. The van der Waals surface area contributed by atoms with Crippen molar-refractivity contribution in [1.82, 2.24) is 9.88 Å². The molecule has 0 unspecified atom stereocenters. The summed E-state index contributed by atoms with van der Waals surface area (Å²) in [6.07, 6.45) is -4.76. The molecule has 0 aliphatic rings. The molecule has 0 bridgehead atoms. The van der Waals surface area contributed by atoms with E-state index in [2.05, 4.69) is 10.1 Å². The lowest BCUT2D eigenvalue weighted by Crippen LogP contribution is -2.22. The van der Waals surface area contributed by atoms with Gasteiger partial charge in [-0.05, 0) is 36.1 Å². The first-order valence-electron chi connectivity index (χ1n) is 8.08. The van der Waals surface area contributed by atoms with Crippen LogP contribution in [0.15, 0.2) is 46.6 Å². The average molecular weight is 428 g/mol. The Bertz CT molecular complexity index is 1010. The van der Waals surface area contributed by atoms with E-state index >= 15 is 0 Å². The van der Waals surface area contributed by atoms with Gasteiger partial charge in [-0.3, -0.25) is 14.2 Å². The molecular formula is C18H15F3N2O3S2. The van der Waals surface area contributed by atoms with Gasteiger partial charge in [-0.25, -0.2) is 0 Å². The predicted molar refractivity (Wildman–Crippen MR) is 101 cm³/mol. The zero-order valence-corrected chi connectivity index (χ0v) is 16.2. The fourth-order valence-corrected chi connectivity index (χ4v) is 4.06. The molecule has 5 nitrogen and oxygen atoms in total. The molecule has 1 N–H and O–H groups in total. The predicted octanol–water partition coefficient (Wildman–Crippen LogP) is 4.16. The van der Waals surface area contributed by atoms with Crippen molar-refractivity contribution in [2.75, 3.05) is 0 Å². The van der Waals surface area contributed by atoms with E-state index in [1.807, 2.05) is 17.5 Å². The molecule has 0 atom stereocenters. The van der Waals surface area contributed by atoms with Gasteiger partial charge in [-0.2, -0.15) is 0 Å². The van der Waals surface area contributed by atoms with Crippen LogP contribution in [0.25, 0.3) is 0 Å². The van der Waals surface area contributed by atoms with Crippen molar-refractivity contribution in [3.63, 3.8) is 0 Å². The molecule has 3 rings (SSSR count). The second-order valence-electron chi connectivity index (χ2n) is 5.82. The topological polar surface area (TPSA) is 60.3 Å². The fourth-order valence-electron chi connectivity index (χ4n) is 2.51. The summed E-state index contributed by atoms with van der Waals surface area (Å²) in [5.74, 6) is -0.667. The summed E-state index contributed by atoms with van der Waals surface area (Å²) in [5, 5.41) is 4.69. The molecule has 0 aliphatic carbocycles.